The Morgan fingerprint density at radius 3 is 1.77 bits per heavy atom. The Labute approximate surface area is 132 Å². The predicted octanol–water partition coefficient (Wildman–Crippen LogP) is 4.83. The van der Waals surface area contributed by atoms with E-state index in [1.165, 1.54) is 17.5 Å². The van der Waals surface area contributed by atoms with Crippen molar-refractivity contribution in [2.75, 3.05) is 6.61 Å². The van der Waals surface area contributed by atoms with E-state index in [2.05, 4.69) is 60.7 Å². The first-order chi connectivity index (χ1) is 10.8. The average Bonchev–Trinajstić information content (AvgIpc) is 3.03. The van der Waals surface area contributed by atoms with E-state index < -0.39 is 0 Å². The first-order valence-corrected chi connectivity index (χ1v) is 8.24. The monoisotopic (exact) mass is 294 g/mol. The molecule has 114 valence electrons. The zero-order chi connectivity index (χ0) is 14.8. The van der Waals surface area contributed by atoms with Gasteiger partial charge in [0.15, 0.2) is 0 Å². The second kappa shape index (κ2) is 5.86. The molecule has 2 nitrogen and oxygen atoms in total. The summed E-state index contributed by atoms with van der Waals surface area (Å²) >= 11 is 0. The van der Waals surface area contributed by atoms with Crippen molar-refractivity contribution in [3.8, 4) is 0 Å². The van der Waals surface area contributed by atoms with Crippen molar-refractivity contribution in [3.63, 3.8) is 0 Å². The number of rotatable bonds is 2. The highest BCUT2D eigenvalue weighted by Crippen LogP contribution is 2.49. The molecule has 0 radical (unpaired) electrons. The van der Waals surface area contributed by atoms with E-state index >= 15 is 0 Å². The molecule has 2 saturated heterocycles. The van der Waals surface area contributed by atoms with Crippen LogP contribution >= 0.6 is 0 Å². The Morgan fingerprint density at radius 1 is 0.773 bits per heavy atom. The molecule has 0 saturated carbocycles. The van der Waals surface area contributed by atoms with Crippen LogP contribution in [0.15, 0.2) is 60.7 Å². The summed E-state index contributed by atoms with van der Waals surface area (Å²) in [4.78, 5) is 0. The lowest BCUT2D eigenvalue weighted by molar-refractivity contribution is -0.154. The van der Waals surface area contributed by atoms with Crippen LogP contribution in [-0.4, -0.2) is 12.2 Å². The van der Waals surface area contributed by atoms with Gasteiger partial charge in [-0.05, 0) is 24.0 Å². The van der Waals surface area contributed by atoms with Gasteiger partial charge in [-0.2, -0.15) is 0 Å². The van der Waals surface area contributed by atoms with Crippen molar-refractivity contribution < 1.29 is 9.47 Å². The van der Waals surface area contributed by atoms with Gasteiger partial charge in [-0.25, -0.2) is 0 Å². The fourth-order valence-corrected chi connectivity index (χ4v) is 3.86. The normalized spacial score (nSPS) is 31.5. The lowest BCUT2D eigenvalue weighted by atomic mass is 9.81. The van der Waals surface area contributed by atoms with E-state index in [1.54, 1.807) is 0 Å². The lowest BCUT2D eigenvalue weighted by Gasteiger charge is -2.42. The van der Waals surface area contributed by atoms with Crippen molar-refractivity contribution in [1.82, 2.24) is 0 Å². The molecule has 2 heteroatoms. The highest BCUT2D eigenvalue weighted by atomic mass is 16.5. The highest BCUT2D eigenvalue weighted by Gasteiger charge is 2.45. The molecule has 3 atom stereocenters. The van der Waals surface area contributed by atoms with Gasteiger partial charge in [-0.15, -0.1) is 0 Å². The molecule has 0 aliphatic carbocycles. The Balaban J connectivity index is 1.65. The van der Waals surface area contributed by atoms with Crippen LogP contribution < -0.4 is 0 Å². The lowest BCUT2D eigenvalue weighted by Crippen LogP contribution is -2.38. The summed E-state index contributed by atoms with van der Waals surface area (Å²) in [6.07, 6.45) is 4.52. The summed E-state index contributed by atoms with van der Waals surface area (Å²) in [5.41, 5.74) is 2.52. The minimum Gasteiger partial charge on any atom is -0.375 e. The fraction of sp³-hybridized carbons (Fsp3) is 0.400. The van der Waals surface area contributed by atoms with E-state index in [0.29, 0.717) is 0 Å². The van der Waals surface area contributed by atoms with Gasteiger partial charge in [0, 0.05) is 19.4 Å². The standard InChI is InChI=1S/C20H22O2/c1-3-8-16(9-4-1)18-14-20(12-7-13-21-20)15-19(22-18)17-10-5-2-6-11-17/h1-6,8-11,18-19H,7,12-15H2/t18-,19+,20?. The molecule has 2 heterocycles. The number of hydrogen-bond donors (Lipinski definition) is 0. The van der Waals surface area contributed by atoms with Crippen LogP contribution in [0, 0.1) is 0 Å². The predicted molar refractivity (Wildman–Crippen MR) is 86.6 cm³/mol. The van der Waals surface area contributed by atoms with Gasteiger partial charge in [-0.1, -0.05) is 60.7 Å². The third-order valence-electron chi connectivity index (χ3n) is 4.97. The van der Waals surface area contributed by atoms with Gasteiger partial charge in [-0.3, -0.25) is 0 Å². The van der Waals surface area contributed by atoms with E-state index in [9.17, 15) is 0 Å². The Morgan fingerprint density at radius 2 is 1.32 bits per heavy atom. The zero-order valence-corrected chi connectivity index (χ0v) is 12.8. The van der Waals surface area contributed by atoms with Gasteiger partial charge >= 0.3 is 0 Å². The Bertz CT molecular complexity index is 553. The summed E-state index contributed by atoms with van der Waals surface area (Å²) in [7, 11) is 0. The average molecular weight is 294 g/mol. The second-order valence-corrected chi connectivity index (χ2v) is 6.48. The molecule has 2 aromatic carbocycles. The Kier molecular flexibility index (Phi) is 3.73. The molecule has 0 aromatic heterocycles. The summed E-state index contributed by atoms with van der Waals surface area (Å²) in [5.74, 6) is 0. The van der Waals surface area contributed by atoms with E-state index in [4.69, 9.17) is 9.47 Å². The zero-order valence-electron chi connectivity index (χ0n) is 12.8. The molecule has 2 fully saturated rings. The summed E-state index contributed by atoms with van der Waals surface area (Å²) in [6, 6.07) is 21.1. The molecule has 1 unspecified atom stereocenters. The SMILES string of the molecule is c1ccc([C@@H]2CC3(CCCO3)C[C@H](c3ccccc3)O2)cc1. The largest absolute Gasteiger partial charge is 0.375 e. The third kappa shape index (κ3) is 2.69. The van der Waals surface area contributed by atoms with Crippen molar-refractivity contribution in [2.24, 2.45) is 0 Å². The van der Waals surface area contributed by atoms with Crippen LogP contribution in [0.1, 0.15) is 49.0 Å². The van der Waals surface area contributed by atoms with Crippen molar-refractivity contribution >= 4 is 0 Å². The molecular weight excluding hydrogens is 272 g/mol. The first kappa shape index (κ1) is 14.0. The fourth-order valence-electron chi connectivity index (χ4n) is 3.86. The smallest absolute Gasteiger partial charge is 0.0860 e. The Hall–Kier alpha value is -1.64. The van der Waals surface area contributed by atoms with Crippen LogP contribution in [0.2, 0.25) is 0 Å². The molecule has 2 aliphatic rings. The number of ether oxygens (including phenoxy) is 2. The van der Waals surface area contributed by atoms with E-state index in [-0.39, 0.29) is 17.8 Å². The third-order valence-corrected chi connectivity index (χ3v) is 4.97. The molecule has 2 aromatic rings. The van der Waals surface area contributed by atoms with Crippen molar-refractivity contribution in [2.45, 2.75) is 43.5 Å². The summed E-state index contributed by atoms with van der Waals surface area (Å²) in [5, 5.41) is 0. The van der Waals surface area contributed by atoms with Crippen molar-refractivity contribution in [1.29, 1.82) is 0 Å². The molecule has 0 bridgehead atoms. The molecule has 22 heavy (non-hydrogen) atoms. The molecule has 4 rings (SSSR count). The maximum absolute atomic E-state index is 6.47. The molecule has 0 amide bonds. The first-order valence-electron chi connectivity index (χ1n) is 8.24. The van der Waals surface area contributed by atoms with Gasteiger partial charge in [0.2, 0.25) is 0 Å². The minimum atomic E-state index is -0.000728. The van der Waals surface area contributed by atoms with Crippen LogP contribution in [0.25, 0.3) is 0 Å². The molecule has 0 N–H and O–H groups in total. The van der Waals surface area contributed by atoms with Crippen LogP contribution in [0.3, 0.4) is 0 Å². The number of hydrogen-bond acceptors (Lipinski definition) is 2. The maximum Gasteiger partial charge on any atom is 0.0860 e. The quantitative estimate of drug-likeness (QED) is 0.790. The summed E-state index contributed by atoms with van der Waals surface area (Å²) in [6.45, 7) is 0.892. The molecule has 1 spiro atoms. The topological polar surface area (TPSA) is 18.5 Å². The second-order valence-electron chi connectivity index (χ2n) is 6.48. The number of benzene rings is 2. The molecular formula is C20H22O2. The van der Waals surface area contributed by atoms with Crippen LogP contribution in [-0.2, 0) is 9.47 Å². The maximum atomic E-state index is 6.47. The van der Waals surface area contributed by atoms with Gasteiger partial charge < -0.3 is 9.47 Å². The molecule has 2 aliphatic heterocycles. The van der Waals surface area contributed by atoms with E-state index in [1.807, 2.05) is 0 Å². The summed E-state index contributed by atoms with van der Waals surface area (Å²) < 4.78 is 12.7. The van der Waals surface area contributed by atoms with E-state index in [0.717, 1.165) is 25.9 Å². The van der Waals surface area contributed by atoms with Gasteiger partial charge in [0.05, 0.1) is 17.8 Å². The van der Waals surface area contributed by atoms with Crippen molar-refractivity contribution in [3.05, 3.63) is 71.8 Å². The van der Waals surface area contributed by atoms with Crippen LogP contribution in [0.5, 0.6) is 0 Å². The highest BCUT2D eigenvalue weighted by molar-refractivity contribution is 5.23. The van der Waals surface area contributed by atoms with Gasteiger partial charge in [0.1, 0.15) is 0 Å². The minimum absolute atomic E-state index is 0.000728. The van der Waals surface area contributed by atoms with Gasteiger partial charge in [0.25, 0.3) is 0 Å². The van der Waals surface area contributed by atoms with Crippen LogP contribution in [0.4, 0.5) is 0 Å².